The number of halogens is 1. The molecule has 0 aliphatic heterocycles. The fourth-order valence-electron chi connectivity index (χ4n) is 2.02. The Bertz CT molecular complexity index is 541. The Morgan fingerprint density at radius 1 is 1.00 bits per heavy atom. The van der Waals surface area contributed by atoms with Gasteiger partial charge in [0.1, 0.15) is 0 Å². The summed E-state index contributed by atoms with van der Waals surface area (Å²) < 4.78 is 0. The van der Waals surface area contributed by atoms with Crippen LogP contribution in [-0.4, -0.2) is 12.5 Å². The Hall–Kier alpha value is -1.61. The van der Waals surface area contributed by atoms with Crippen LogP contribution < -0.4 is 5.32 Å². The van der Waals surface area contributed by atoms with Gasteiger partial charge in [-0.2, -0.15) is 0 Å². The van der Waals surface area contributed by atoms with E-state index in [1.807, 2.05) is 67.6 Å². The molecule has 0 aliphatic rings. The highest BCUT2D eigenvalue weighted by atomic mass is 79.9. The number of amides is 1. The molecular formula is C17H18BrNO. The van der Waals surface area contributed by atoms with Crippen molar-refractivity contribution in [3.8, 4) is 0 Å². The lowest BCUT2D eigenvalue weighted by Gasteiger charge is -2.15. The molecule has 20 heavy (non-hydrogen) atoms. The van der Waals surface area contributed by atoms with Crippen LogP contribution in [0.4, 0.5) is 0 Å². The molecule has 1 amide bonds. The van der Waals surface area contributed by atoms with Gasteiger partial charge in [-0.15, -0.1) is 0 Å². The zero-order chi connectivity index (χ0) is 14.4. The first kappa shape index (κ1) is 14.8. The van der Waals surface area contributed by atoms with Crippen molar-refractivity contribution >= 4 is 21.8 Å². The molecule has 1 N–H and O–H groups in total. The zero-order valence-electron chi connectivity index (χ0n) is 11.4. The Labute approximate surface area is 128 Å². The van der Waals surface area contributed by atoms with Gasteiger partial charge in [-0.05, 0) is 18.1 Å². The summed E-state index contributed by atoms with van der Waals surface area (Å²) >= 11 is 3.61. The van der Waals surface area contributed by atoms with Gasteiger partial charge in [0.25, 0.3) is 0 Å². The number of nitrogens with one attached hydrogen (secondary N) is 1. The molecule has 0 heterocycles. The van der Waals surface area contributed by atoms with E-state index >= 15 is 0 Å². The van der Waals surface area contributed by atoms with Crippen LogP contribution >= 0.6 is 15.9 Å². The molecule has 2 aromatic rings. The van der Waals surface area contributed by atoms with Gasteiger partial charge >= 0.3 is 0 Å². The first-order valence-electron chi connectivity index (χ1n) is 6.70. The summed E-state index contributed by atoms with van der Waals surface area (Å²) in [5.74, 6) is -0.0803. The Morgan fingerprint density at radius 2 is 1.50 bits per heavy atom. The predicted molar refractivity (Wildman–Crippen MR) is 86.0 cm³/mol. The number of alkyl halides is 1. The van der Waals surface area contributed by atoms with Crippen molar-refractivity contribution in [3.63, 3.8) is 0 Å². The van der Waals surface area contributed by atoms with E-state index in [2.05, 4.69) is 21.2 Å². The maximum Gasteiger partial charge on any atom is 0.227 e. The molecule has 104 valence electrons. The van der Waals surface area contributed by atoms with Crippen LogP contribution in [0.25, 0.3) is 0 Å². The summed E-state index contributed by atoms with van der Waals surface area (Å²) in [7, 11) is 0. The summed E-state index contributed by atoms with van der Waals surface area (Å²) in [5.41, 5.74) is 2.20. The van der Waals surface area contributed by atoms with E-state index < -0.39 is 0 Å². The largest absolute Gasteiger partial charge is 0.354 e. The average molecular weight is 332 g/mol. The number of carbonyl (C=O) groups excluding carboxylic acids is 1. The highest BCUT2D eigenvalue weighted by molar-refractivity contribution is 9.09. The van der Waals surface area contributed by atoms with Crippen LogP contribution in [0.2, 0.25) is 0 Å². The third-order valence-electron chi connectivity index (χ3n) is 3.31. The molecule has 3 heteroatoms. The van der Waals surface area contributed by atoms with E-state index in [0.717, 1.165) is 5.56 Å². The molecular weight excluding hydrogens is 314 g/mol. The van der Waals surface area contributed by atoms with Crippen molar-refractivity contribution in [2.75, 3.05) is 6.54 Å². The van der Waals surface area contributed by atoms with Gasteiger partial charge in [0.15, 0.2) is 0 Å². The summed E-state index contributed by atoms with van der Waals surface area (Å²) in [6.07, 6.45) is 0. The third kappa shape index (κ3) is 3.94. The van der Waals surface area contributed by atoms with Crippen LogP contribution in [0.5, 0.6) is 0 Å². The highest BCUT2D eigenvalue weighted by Crippen LogP contribution is 2.22. The summed E-state index contributed by atoms with van der Waals surface area (Å²) in [6, 6.07) is 19.9. The second kappa shape index (κ2) is 7.25. The zero-order valence-corrected chi connectivity index (χ0v) is 13.0. The molecule has 0 saturated carbocycles. The second-order valence-electron chi connectivity index (χ2n) is 4.76. The summed E-state index contributed by atoms with van der Waals surface area (Å²) in [5, 5.41) is 2.99. The Kier molecular flexibility index (Phi) is 5.36. The monoisotopic (exact) mass is 331 g/mol. The van der Waals surface area contributed by atoms with E-state index in [0.29, 0.717) is 6.54 Å². The maximum absolute atomic E-state index is 12.1. The van der Waals surface area contributed by atoms with E-state index in [-0.39, 0.29) is 16.7 Å². The number of rotatable bonds is 5. The number of benzene rings is 2. The molecule has 0 aliphatic carbocycles. The standard InChI is InChI=1S/C17H18BrNO/c1-13(14-8-4-2-5-9-14)17(20)19-12-16(18)15-10-6-3-7-11-15/h2-11,13,16H,12H2,1H3,(H,19,20). The number of hydrogen-bond acceptors (Lipinski definition) is 1. The van der Waals surface area contributed by atoms with E-state index in [1.165, 1.54) is 5.56 Å². The van der Waals surface area contributed by atoms with Crippen LogP contribution in [0.15, 0.2) is 60.7 Å². The van der Waals surface area contributed by atoms with Crippen LogP contribution in [-0.2, 0) is 4.79 Å². The summed E-state index contributed by atoms with van der Waals surface area (Å²) in [4.78, 5) is 12.3. The lowest BCUT2D eigenvalue weighted by molar-refractivity contribution is -0.122. The van der Waals surface area contributed by atoms with Gasteiger partial charge in [-0.3, -0.25) is 4.79 Å². The predicted octanol–water partition coefficient (Wildman–Crippen LogP) is 4.04. The lowest BCUT2D eigenvalue weighted by Crippen LogP contribution is -2.30. The summed E-state index contributed by atoms with van der Waals surface area (Å²) in [6.45, 7) is 2.51. The van der Waals surface area contributed by atoms with Gasteiger partial charge < -0.3 is 5.32 Å². The smallest absolute Gasteiger partial charge is 0.227 e. The van der Waals surface area contributed by atoms with Gasteiger partial charge in [0.05, 0.1) is 10.7 Å². The molecule has 0 radical (unpaired) electrons. The minimum absolute atomic E-state index is 0.0524. The minimum Gasteiger partial charge on any atom is -0.354 e. The van der Waals surface area contributed by atoms with Crippen molar-refractivity contribution in [1.29, 1.82) is 0 Å². The molecule has 2 rings (SSSR count). The molecule has 0 spiro atoms. The topological polar surface area (TPSA) is 29.1 Å². The fourth-order valence-corrected chi connectivity index (χ4v) is 2.48. The van der Waals surface area contributed by atoms with Crippen LogP contribution in [0.1, 0.15) is 28.8 Å². The normalized spacial score (nSPS) is 13.5. The van der Waals surface area contributed by atoms with Crippen molar-refractivity contribution in [2.45, 2.75) is 17.7 Å². The second-order valence-corrected chi connectivity index (χ2v) is 5.86. The molecule has 2 atom stereocenters. The Balaban J connectivity index is 1.89. The van der Waals surface area contributed by atoms with Crippen molar-refractivity contribution < 1.29 is 4.79 Å². The quantitative estimate of drug-likeness (QED) is 0.823. The highest BCUT2D eigenvalue weighted by Gasteiger charge is 2.16. The minimum atomic E-state index is -0.133. The average Bonchev–Trinajstić information content (AvgIpc) is 2.53. The first-order chi connectivity index (χ1) is 9.68. The number of hydrogen-bond donors (Lipinski definition) is 1. The van der Waals surface area contributed by atoms with Crippen molar-refractivity contribution in [1.82, 2.24) is 5.32 Å². The molecule has 0 saturated heterocycles. The molecule has 0 bridgehead atoms. The van der Waals surface area contributed by atoms with Gasteiger partial charge in [0.2, 0.25) is 5.91 Å². The van der Waals surface area contributed by atoms with E-state index in [1.54, 1.807) is 0 Å². The van der Waals surface area contributed by atoms with E-state index in [9.17, 15) is 4.79 Å². The molecule has 2 unspecified atom stereocenters. The van der Waals surface area contributed by atoms with Crippen molar-refractivity contribution in [3.05, 3.63) is 71.8 Å². The van der Waals surface area contributed by atoms with Crippen LogP contribution in [0.3, 0.4) is 0 Å². The first-order valence-corrected chi connectivity index (χ1v) is 7.61. The van der Waals surface area contributed by atoms with Gasteiger partial charge in [-0.1, -0.05) is 76.6 Å². The molecule has 0 fully saturated rings. The molecule has 2 aromatic carbocycles. The lowest BCUT2D eigenvalue weighted by atomic mass is 10.0. The van der Waals surface area contributed by atoms with E-state index in [4.69, 9.17) is 0 Å². The molecule has 2 nitrogen and oxygen atoms in total. The maximum atomic E-state index is 12.1. The molecule has 0 aromatic heterocycles. The van der Waals surface area contributed by atoms with Crippen LogP contribution in [0, 0.1) is 0 Å². The van der Waals surface area contributed by atoms with Gasteiger partial charge in [0, 0.05) is 6.54 Å². The fraction of sp³-hybridized carbons (Fsp3) is 0.235. The van der Waals surface area contributed by atoms with Crippen molar-refractivity contribution in [2.24, 2.45) is 0 Å². The Morgan fingerprint density at radius 3 is 2.05 bits per heavy atom. The SMILES string of the molecule is CC(C(=O)NCC(Br)c1ccccc1)c1ccccc1. The third-order valence-corrected chi connectivity index (χ3v) is 4.16. The number of carbonyl (C=O) groups is 1. The van der Waals surface area contributed by atoms with Gasteiger partial charge in [-0.25, -0.2) is 0 Å².